The van der Waals surface area contributed by atoms with Crippen molar-refractivity contribution >= 4 is 17.5 Å². The minimum atomic E-state index is -0.397. The predicted molar refractivity (Wildman–Crippen MR) is 121 cm³/mol. The lowest BCUT2D eigenvalue weighted by molar-refractivity contribution is 0.0949. The maximum atomic E-state index is 14.0. The number of aromatic nitrogens is 2. The van der Waals surface area contributed by atoms with Crippen LogP contribution in [0, 0.1) is 18.6 Å². The van der Waals surface area contributed by atoms with E-state index in [-0.39, 0.29) is 17.4 Å². The molecule has 0 aliphatic heterocycles. The van der Waals surface area contributed by atoms with Gasteiger partial charge in [0.2, 0.25) is 0 Å². The number of hydrogen-bond donors (Lipinski definition) is 1. The van der Waals surface area contributed by atoms with Crippen LogP contribution in [0.15, 0.2) is 72.8 Å². The molecule has 1 aromatic heterocycles. The molecule has 0 fully saturated rings. The van der Waals surface area contributed by atoms with Gasteiger partial charge in [-0.2, -0.15) is 0 Å². The third kappa shape index (κ3) is 4.55. The van der Waals surface area contributed by atoms with Crippen molar-refractivity contribution in [3.8, 4) is 17.1 Å². The summed E-state index contributed by atoms with van der Waals surface area (Å²) in [6, 6.07) is 19.4. The third-order valence-electron chi connectivity index (χ3n) is 5.12. The number of hydrogen-bond acceptors (Lipinski definition) is 2. The highest BCUT2D eigenvalue weighted by molar-refractivity contribution is 6.33. The smallest absolute Gasteiger partial charge is 0.271 e. The van der Waals surface area contributed by atoms with Crippen molar-refractivity contribution in [1.29, 1.82) is 0 Å². The average Bonchev–Trinajstić information content (AvgIpc) is 3.12. The summed E-state index contributed by atoms with van der Waals surface area (Å²) in [5, 5.41) is 3.33. The summed E-state index contributed by atoms with van der Waals surface area (Å²) in [5.74, 6) is -0.607. The quantitative estimate of drug-likeness (QED) is 0.405. The van der Waals surface area contributed by atoms with Gasteiger partial charge in [-0.25, -0.2) is 13.8 Å². The van der Waals surface area contributed by atoms with E-state index in [2.05, 4.69) is 10.3 Å². The van der Waals surface area contributed by atoms with Crippen LogP contribution < -0.4 is 5.32 Å². The summed E-state index contributed by atoms with van der Waals surface area (Å²) in [7, 11) is 0. The van der Waals surface area contributed by atoms with Crippen molar-refractivity contribution in [2.75, 3.05) is 6.54 Å². The Morgan fingerprint density at radius 3 is 2.47 bits per heavy atom. The van der Waals surface area contributed by atoms with E-state index in [0.29, 0.717) is 40.8 Å². The van der Waals surface area contributed by atoms with Gasteiger partial charge in [-0.3, -0.25) is 9.36 Å². The van der Waals surface area contributed by atoms with Crippen LogP contribution >= 0.6 is 11.6 Å². The van der Waals surface area contributed by atoms with E-state index in [1.165, 1.54) is 24.3 Å². The summed E-state index contributed by atoms with van der Waals surface area (Å²) < 4.78 is 28.7. The summed E-state index contributed by atoms with van der Waals surface area (Å²) >= 11 is 6.40. The maximum absolute atomic E-state index is 14.0. The molecule has 3 aromatic carbocycles. The van der Waals surface area contributed by atoms with Gasteiger partial charge in [0.1, 0.15) is 23.2 Å². The number of benzene rings is 3. The van der Waals surface area contributed by atoms with Crippen LogP contribution in [0.4, 0.5) is 8.78 Å². The summed E-state index contributed by atoms with van der Waals surface area (Å²) in [6.45, 7) is 2.12. The Balaban J connectivity index is 1.66. The fraction of sp³-hybridized carbons (Fsp3) is 0.120. The van der Waals surface area contributed by atoms with Crippen LogP contribution in [0.25, 0.3) is 17.1 Å². The van der Waals surface area contributed by atoms with Crippen LogP contribution in [0.2, 0.25) is 5.02 Å². The second-order valence-electron chi connectivity index (χ2n) is 7.30. The molecule has 32 heavy (non-hydrogen) atoms. The van der Waals surface area contributed by atoms with E-state index in [1.54, 1.807) is 54.0 Å². The van der Waals surface area contributed by atoms with E-state index in [0.717, 1.165) is 5.56 Å². The number of halogens is 3. The maximum Gasteiger partial charge on any atom is 0.271 e. The number of carbonyl (C=O) groups is 1. The van der Waals surface area contributed by atoms with Gasteiger partial charge in [-0.05, 0) is 61.4 Å². The Morgan fingerprint density at radius 2 is 1.75 bits per heavy atom. The first-order chi connectivity index (χ1) is 15.4. The van der Waals surface area contributed by atoms with E-state index in [1.807, 2.05) is 6.07 Å². The second-order valence-corrected chi connectivity index (χ2v) is 7.70. The van der Waals surface area contributed by atoms with Crippen molar-refractivity contribution in [1.82, 2.24) is 14.9 Å². The Morgan fingerprint density at radius 1 is 1.00 bits per heavy atom. The molecular formula is C25H20ClF2N3O. The molecule has 0 bridgehead atoms. The Labute approximate surface area is 189 Å². The van der Waals surface area contributed by atoms with Crippen LogP contribution in [0.1, 0.15) is 21.7 Å². The molecule has 0 aliphatic rings. The zero-order valence-electron chi connectivity index (χ0n) is 17.3. The summed E-state index contributed by atoms with van der Waals surface area (Å²) in [4.78, 5) is 17.5. The standard InChI is InChI=1S/C25H20ClF2N3O/c1-16-23(25(32)29-14-13-17-9-11-18(27)12-10-17)30-24(21-7-2-3-8-22(21)26)31(16)20-6-4-5-19(28)15-20/h2-12,15H,13-14H2,1H3,(H,29,32). The predicted octanol–water partition coefficient (Wildman–Crippen LogP) is 5.75. The van der Waals surface area contributed by atoms with Crippen molar-refractivity contribution in [3.63, 3.8) is 0 Å². The van der Waals surface area contributed by atoms with Gasteiger partial charge < -0.3 is 5.32 Å². The lowest BCUT2D eigenvalue weighted by atomic mass is 10.1. The van der Waals surface area contributed by atoms with Gasteiger partial charge in [0, 0.05) is 12.1 Å². The number of amides is 1. The fourth-order valence-electron chi connectivity index (χ4n) is 3.53. The number of rotatable bonds is 6. The Kier molecular flexibility index (Phi) is 6.32. The third-order valence-corrected chi connectivity index (χ3v) is 5.45. The van der Waals surface area contributed by atoms with Crippen molar-refractivity contribution in [2.24, 2.45) is 0 Å². The number of nitrogens with one attached hydrogen (secondary N) is 1. The summed E-state index contributed by atoms with van der Waals surface area (Å²) in [5.41, 5.74) is 2.86. The molecule has 0 atom stereocenters. The van der Waals surface area contributed by atoms with Crippen LogP contribution in [0.5, 0.6) is 0 Å². The van der Waals surface area contributed by atoms with E-state index < -0.39 is 5.82 Å². The molecule has 1 heterocycles. The molecule has 0 radical (unpaired) electrons. The molecule has 162 valence electrons. The molecule has 4 nitrogen and oxygen atoms in total. The Bertz CT molecular complexity index is 1270. The largest absolute Gasteiger partial charge is 0.350 e. The molecule has 0 saturated heterocycles. The molecule has 4 aromatic rings. The molecule has 0 spiro atoms. The highest BCUT2D eigenvalue weighted by Crippen LogP contribution is 2.31. The molecule has 4 rings (SSSR count). The average molecular weight is 452 g/mol. The van der Waals surface area contributed by atoms with Gasteiger partial charge in [-0.1, -0.05) is 41.9 Å². The topological polar surface area (TPSA) is 46.9 Å². The lowest BCUT2D eigenvalue weighted by Gasteiger charge is -2.11. The van der Waals surface area contributed by atoms with Gasteiger partial charge in [0.15, 0.2) is 0 Å². The SMILES string of the molecule is Cc1c(C(=O)NCCc2ccc(F)cc2)nc(-c2ccccc2Cl)n1-c1cccc(F)c1. The highest BCUT2D eigenvalue weighted by atomic mass is 35.5. The molecule has 0 aliphatic carbocycles. The highest BCUT2D eigenvalue weighted by Gasteiger charge is 2.22. The van der Waals surface area contributed by atoms with Crippen molar-refractivity contribution in [2.45, 2.75) is 13.3 Å². The minimum absolute atomic E-state index is 0.225. The second kappa shape index (κ2) is 9.32. The number of imidazole rings is 1. The van der Waals surface area contributed by atoms with Crippen LogP contribution in [-0.2, 0) is 6.42 Å². The molecule has 1 N–H and O–H groups in total. The number of nitrogens with zero attached hydrogens (tertiary/aromatic N) is 2. The number of carbonyl (C=O) groups excluding carboxylic acids is 1. The monoisotopic (exact) mass is 451 g/mol. The molecule has 0 unspecified atom stereocenters. The zero-order valence-corrected chi connectivity index (χ0v) is 18.0. The zero-order chi connectivity index (χ0) is 22.7. The van der Waals surface area contributed by atoms with E-state index in [4.69, 9.17) is 11.6 Å². The molecule has 1 amide bonds. The van der Waals surface area contributed by atoms with Gasteiger partial charge in [0.25, 0.3) is 5.91 Å². The van der Waals surface area contributed by atoms with Gasteiger partial charge in [-0.15, -0.1) is 0 Å². The first kappa shape index (κ1) is 21.7. The first-order valence-corrected chi connectivity index (χ1v) is 10.4. The van der Waals surface area contributed by atoms with Crippen LogP contribution in [0.3, 0.4) is 0 Å². The van der Waals surface area contributed by atoms with Crippen molar-refractivity contribution < 1.29 is 13.6 Å². The normalized spacial score (nSPS) is 10.9. The minimum Gasteiger partial charge on any atom is -0.350 e. The molecular weight excluding hydrogens is 432 g/mol. The first-order valence-electron chi connectivity index (χ1n) is 10.1. The summed E-state index contributed by atoms with van der Waals surface area (Å²) in [6.07, 6.45) is 0.549. The van der Waals surface area contributed by atoms with Gasteiger partial charge in [0.05, 0.1) is 16.4 Å². The lowest BCUT2D eigenvalue weighted by Crippen LogP contribution is -2.26. The van der Waals surface area contributed by atoms with E-state index in [9.17, 15) is 13.6 Å². The molecule has 7 heteroatoms. The van der Waals surface area contributed by atoms with Gasteiger partial charge >= 0.3 is 0 Å². The van der Waals surface area contributed by atoms with E-state index >= 15 is 0 Å². The Hall–Kier alpha value is -3.51. The van der Waals surface area contributed by atoms with Crippen LogP contribution in [-0.4, -0.2) is 22.0 Å². The molecule has 0 saturated carbocycles. The van der Waals surface area contributed by atoms with Crippen molar-refractivity contribution in [3.05, 3.63) is 106 Å². The fourth-order valence-corrected chi connectivity index (χ4v) is 3.75.